The van der Waals surface area contributed by atoms with Crippen LogP contribution in [0.1, 0.15) is 19.3 Å². The molecule has 1 fully saturated rings. The lowest BCUT2D eigenvalue weighted by molar-refractivity contribution is -0.130. The first-order chi connectivity index (χ1) is 8.68. The zero-order chi connectivity index (χ0) is 13.0. The van der Waals surface area contributed by atoms with E-state index in [1.165, 1.54) is 12.6 Å². The van der Waals surface area contributed by atoms with Crippen molar-refractivity contribution in [1.29, 1.82) is 0 Å². The van der Waals surface area contributed by atoms with Gasteiger partial charge >= 0.3 is 0 Å². The predicted molar refractivity (Wildman–Crippen MR) is 68.8 cm³/mol. The van der Waals surface area contributed by atoms with Gasteiger partial charge in [-0.2, -0.15) is 5.10 Å². The fourth-order valence-corrected chi connectivity index (χ4v) is 2.09. The summed E-state index contributed by atoms with van der Waals surface area (Å²) in [7, 11) is 0. The molecule has 0 aromatic carbocycles. The van der Waals surface area contributed by atoms with Gasteiger partial charge in [-0.25, -0.2) is 5.10 Å². The molecule has 7 heteroatoms. The van der Waals surface area contributed by atoms with E-state index in [0.29, 0.717) is 5.69 Å². The van der Waals surface area contributed by atoms with Gasteiger partial charge in [-0.05, 0) is 19.3 Å². The van der Waals surface area contributed by atoms with Gasteiger partial charge in [-0.15, -0.1) is 0 Å². The summed E-state index contributed by atoms with van der Waals surface area (Å²) in [5.41, 5.74) is -0.0853. The fraction of sp³-hybridized carbons (Fsp3) is 0.545. The third kappa shape index (κ3) is 3.01. The lowest BCUT2D eigenvalue weighted by Gasteiger charge is -2.26. The molecular formula is C11H15ClN4O2. The lowest BCUT2D eigenvalue weighted by Crippen LogP contribution is -2.39. The molecule has 2 rings (SSSR count). The average molecular weight is 271 g/mol. The number of halogens is 1. The Morgan fingerprint density at radius 1 is 1.44 bits per heavy atom. The van der Waals surface area contributed by atoms with Crippen LogP contribution < -0.4 is 10.9 Å². The first-order valence-electron chi connectivity index (χ1n) is 5.93. The Kier molecular flexibility index (Phi) is 4.19. The molecule has 2 heterocycles. The SMILES string of the molecule is O=C(CNc1cn[nH]c(=O)c1Cl)N1CCCCC1. The highest BCUT2D eigenvalue weighted by Gasteiger charge is 2.16. The number of hydrogen-bond acceptors (Lipinski definition) is 4. The van der Waals surface area contributed by atoms with E-state index in [-0.39, 0.29) is 17.5 Å². The zero-order valence-corrected chi connectivity index (χ0v) is 10.7. The Bertz CT molecular complexity index is 482. The summed E-state index contributed by atoms with van der Waals surface area (Å²) in [4.78, 5) is 24.9. The van der Waals surface area contributed by atoms with Crippen molar-refractivity contribution in [2.24, 2.45) is 0 Å². The van der Waals surface area contributed by atoms with Crippen molar-refractivity contribution in [2.75, 3.05) is 25.0 Å². The van der Waals surface area contributed by atoms with E-state index in [1.807, 2.05) is 4.90 Å². The third-order valence-electron chi connectivity index (χ3n) is 2.93. The molecule has 0 spiro atoms. The maximum absolute atomic E-state index is 11.9. The molecule has 1 aromatic rings. The summed E-state index contributed by atoms with van der Waals surface area (Å²) in [5, 5.41) is 8.71. The molecule has 1 aliphatic heterocycles. The van der Waals surface area contributed by atoms with Crippen LogP contribution in [-0.4, -0.2) is 40.6 Å². The molecule has 0 aliphatic carbocycles. The van der Waals surface area contributed by atoms with Crippen LogP contribution in [0.2, 0.25) is 5.02 Å². The molecular weight excluding hydrogens is 256 g/mol. The number of nitrogens with zero attached hydrogens (tertiary/aromatic N) is 2. The second-order valence-electron chi connectivity index (χ2n) is 4.22. The summed E-state index contributed by atoms with van der Waals surface area (Å²) in [5.74, 6) is 0.0195. The van der Waals surface area contributed by atoms with Gasteiger partial charge in [0.2, 0.25) is 5.91 Å². The number of aromatic nitrogens is 2. The minimum atomic E-state index is -0.466. The summed E-state index contributed by atoms with van der Waals surface area (Å²) < 4.78 is 0. The van der Waals surface area contributed by atoms with E-state index < -0.39 is 5.56 Å². The zero-order valence-electron chi connectivity index (χ0n) is 9.91. The number of H-pyrrole nitrogens is 1. The van der Waals surface area contributed by atoms with Crippen LogP contribution in [0.15, 0.2) is 11.0 Å². The molecule has 1 amide bonds. The first kappa shape index (κ1) is 12.9. The van der Waals surface area contributed by atoms with E-state index in [9.17, 15) is 9.59 Å². The first-order valence-corrected chi connectivity index (χ1v) is 6.31. The van der Waals surface area contributed by atoms with Crippen LogP contribution in [0.3, 0.4) is 0 Å². The van der Waals surface area contributed by atoms with Gasteiger partial charge in [-0.1, -0.05) is 11.6 Å². The highest BCUT2D eigenvalue weighted by Crippen LogP contribution is 2.14. The maximum Gasteiger partial charge on any atom is 0.285 e. The van der Waals surface area contributed by atoms with Gasteiger partial charge in [0.05, 0.1) is 18.4 Å². The quantitative estimate of drug-likeness (QED) is 0.853. The van der Waals surface area contributed by atoms with Gasteiger partial charge in [0.15, 0.2) is 0 Å². The summed E-state index contributed by atoms with van der Waals surface area (Å²) in [6.45, 7) is 1.74. The van der Waals surface area contributed by atoms with Crippen LogP contribution in [0.25, 0.3) is 0 Å². The lowest BCUT2D eigenvalue weighted by atomic mass is 10.1. The highest BCUT2D eigenvalue weighted by molar-refractivity contribution is 6.32. The fourth-order valence-electron chi connectivity index (χ4n) is 1.93. The predicted octanol–water partition coefficient (Wildman–Crippen LogP) is 0.848. The van der Waals surface area contributed by atoms with Crippen LogP contribution in [-0.2, 0) is 4.79 Å². The molecule has 98 valence electrons. The number of likely N-dealkylation sites (tertiary alicyclic amines) is 1. The molecule has 2 N–H and O–H groups in total. The average Bonchev–Trinajstić information content (AvgIpc) is 2.41. The molecule has 0 bridgehead atoms. The molecule has 1 aromatic heterocycles. The minimum Gasteiger partial charge on any atom is -0.373 e. The minimum absolute atomic E-state index is 0.0195. The summed E-state index contributed by atoms with van der Waals surface area (Å²) in [6.07, 6.45) is 4.69. The van der Waals surface area contributed by atoms with Gasteiger partial charge in [0.1, 0.15) is 5.02 Å². The Morgan fingerprint density at radius 2 is 2.17 bits per heavy atom. The molecule has 6 nitrogen and oxygen atoms in total. The van der Waals surface area contributed by atoms with Crippen molar-refractivity contribution < 1.29 is 4.79 Å². The highest BCUT2D eigenvalue weighted by atomic mass is 35.5. The third-order valence-corrected chi connectivity index (χ3v) is 3.31. The van der Waals surface area contributed by atoms with E-state index in [2.05, 4.69) is 15.5 Å². The van der Waals surface area contributed by atoms with Crippen molar-refractivity contribution in [3.63, 3.8) is 0 Å². The topological polar surface area (TPSA) is 78.1 Å². The number of anilines is 1. The van der Waals surface area contributed by atoms with Gasteiger partial charge in [0.25, 0.3) is 5.56 Å². The van der Waals surface area contributed by atoms with E-state index in [0.717, 1.165) is 25.9 Å². The normalized spacial score (nSPS) is 15.5. The van der Waals surface area contributed by atoms with Crippen LogP contribution >= 0.6 is 11.6 Å². The number of hydrogen-bond donors (Lipinski definition) is 2. The van der Waals surface area contributed by atoms with Gasteiger partial charge < -0.3 is 10.2 Å². The number of amides is 1. The molecule has 0 atom stereocenters. The molecule has 0 radical (unpaired) electrons. The Labute approximate surface area is 109 Å². The second kappa shape index (κ2) is 5.86. The van der Waals surface area contributed by atoms with E-state index in [4.69, 9.17) is 11.6 Å². The van der Waals surface area contributed by atoms with Crippen molar-refractivity contribution in [2.45, 2.75) is 19.3 Å². The van der Waals surface area contributed by atoms with Crippen LogP contribution in [0, 0.1) is 0 Å². The monoisotopic (exact) mass is 270 g/mol. The standard InChI is InChI=1S/C11H15ClN4O2/c12-10-8(6-14-15-11(10)18)13-7-9(17)16-4-2-1-3-5-16/h6H,1-5,7H2,(H2,13,15,18). The van der Waals surface area contributed by atoms with Crippen molar-refractivity contribution in [3.05, 3.63) is 21.6 Å². The van der Waals surface area contributed by atoms with Gasteiger partial charge in [-0.3, -0.25) is 9.59 Å². The molecule has 1 aliphatic rings. The van der Waals surface area contributed by atoms with E-state index in [1.54, 1.807) is 0 Å². The Balaban J connectivity index is 1.92. The van der Waals surface area contributed by atoms with Crippen molar-refractivity contribution in [3.8, 4) is 0 Å². The second-order valence-corrected chi connectivity index (χ2v) is 4.60. The summed E-state index contributed by atoms with van der Waals surface area (Å²) >= 11 is 5.79. The molecule has 18 heavy (non-hydrogen) atoms. The number of piperidine rings is 1. The number of carbonyl (C=O) groups is 1. The number of nitrogens with one attached hydrogen (secondary N) is 2. The molecule has 0 saturated carbocycles. The largest absolute Gasteiger partial charge is 0.373 e. The van der Waals surface area contributed by atoms with Crippen molar-refractivity contribution >= 4 is 23.2 Å². The Hall–Kier alpha value is -1.56. The number of aromatic amines is 1. The van der Waals surface area contributed by atoms with Crippen LogP contribution in [0.5, 0.6) is 0 Å². The van der Waals surface area contributed by atoms with Gasteiger partial charge in [0, 0.05) is 13.1 Å². The molecule has 0 unspecified atom stereocenters. The smallest absolute Gasteiger partial charge is 0.285 e. The van der Waals surface area contributed by atoms with E-state index >= 15 is 0 Å². The molecule has 1 saturated heterocycles. The van der Waals surface area contributed by atoms with Crippen LogP contribution in [0.4, 0.5) is 5.69 Å². The number of carbonyl (C=O) groups excluding carboxylic acids is 1. The van der Waals surface area contributed by atoms with Crippen molar-refractivity contribution in [1.82, 2.24) is 15.1 Å². The number of rotatable bonds is 3. The maximum atomic E-state index is 11.9. The summed E-state index contributed by atoms with van der Waals surface area (Å²) in [6, 6.07) is 0. The Morgan fingerprint density at radius 3 is 2.89 bits per heavy atom.